The van der Waals surface area contributed by atoms with Crippen LogP contribution in [0.3, 0.4) is 0 Å². The molecule has 3 heteroatoms. The first kappa shape index (κ1) is 7.56. The molecule has 0 radical (unpaired) electrons. The highest BCUT2D eigenvalue weighted by Gasteiger charge is 2.07. The van der Waals surface area contributed by atoms with E-state index in [1.807, 2.05) is 0 Å². The van der Waals surface area contributed by atoms with Gasteiger partial charge in [0.1, 0.15) is 12.0 Å². The molecule has 0 fully saturated rings. The van der Waals surface area contributed by atoms with E-state index in [0.717, 1.165) is 5.56 Å². The molecule has 1 aromatic rings. The SMILES string of the molecule is N#Cc1cccc2c1C=NC=CO2. The number of hydrogen-bond donors (Lipinski definition) is 0. The first-order valence-electron chi connectivity index (χ1n) is 3.80. The standard InChI is InChI=1S/C10H6N2O/c11-6-8-2-1-3-10-9(8)7-12-4-5-13-10/h1-5,7H. The summed E-state index contributed by atoms with van der Waals surface area (Å²) in [6.07, 6.45) is 4.65. The normalized spacial score (nSPS) is 12.5. The zero-order valence-electron chi connectivity index (χ0n) is 6.77. The lowest BCUT2D eigenvalue weighted by Crippen LogP contribution is -1.91. The Morgan fingerprint density at radius 3 is 3.15 bits per heavy atom. The third kappa shape index (κ3) is 1.30. The highest BCUT2D eigenvalue weighted by molar-refractivity contribution is 5.87. The molecule has 0 unspecified atom stereocenters. The van der Waals surface area contributed by atoms with E-state index < -0.39 is 0 Å². The third-order valence-corrected chi connectivity index (χ3v) is 1.73. The zero-order chi connectivity index (χ0) is 9.10. The molecule has 1 aromatic carbocycles. The molecule has 0 aromatic heterocycles. The van der Waals surface area contributed by atoms with Crippen molar-refractivity contribution in [1.29, 1.82) is 5.26 Å². The van der Waals surface area contributed by atoms with E-state index >= 15 is 0 Å². The van der Waals surface area contributed by atoms with Crippen LogP contribution in [-0.4, -0.2) is 6.21 Å². The summed E-state index contributed by atoms with van der Waals surface area (Å²) in [5.41, 5.74) is 1.31. The highest BCUT2D eigenvalue weighted by Crippen LogP contribution is 2.21. The Labute approximate surface area is 75.6 Å². The van der Waals surface area contributed by atoms with E-state index in [-0.39, 0.29) is 0 Å². The Kier molecular flexibility index (Phi) is 1.81. The molecule has 0 spiro atoms. The van der Waals surface area contributed by atoms with Crippen LogP contribution in [0.4, 0.5) is 0 Å². The van der Waals surface area contributed by atoms with Crippen molar-refractivity contribution in [1.82, 2.24) is 0 Å². The minimum absolute atomic E-state index is 0.574. The Balaban J connectivity index is 2.63. The highest BCUT2D eigenvalue weighted by atomic mass is 16.5. The molecule has 1 heterocycles. The molecular formula is C10H6N2O. The van der Waals surface area contributed by atoms with Gasteiger partial charge in [-0.1, -0.05) is 6.07 Å². The minimum atomic E-state index is 0.574. The number of ether oxygens (including phenoxy) is 1. The third-order valence-electron chi connectivity index (χ3n) is 1.73. The largest absolute Gasteiger partial charge is 0.463 e. The van der Waals surface area contributed by atoms with Crippen molar-refractivity contribution in [3.8, 4) is 11.8 Å². The van der Waals surface area contributed by atoms with Gasteiger partial charge < -0.3 is 4.74 Å². The second kappa shape index (κ2) is 3.11. The first-order chi connectivity index (χ1) is 6.42. The molecule has 13 heavy (non-hydrogen) atoms. The summed E-state index contributed by atoms with van der Waals surface area (Å²) in [5, 5.41) is 8.80. The van der Waals surface area contributed by atoms with Gasteiger partial charge >= 0.3 is 0 Å². The van der Waals surface area contributed by atoms with Gasteiger partial charge in [0, 0.05) is 6.21 Å². The van der Waals surface area contributed by atoms with E-state index in [1.165, 1.54) is 6.26 Å². The van der Waals surface area contributed by atoms with Crippen molar-refractivity contribution < 1.29 is 4.74 Å². The van der Waals surface area contributed by atoms with Crippen molar-refractivity contribution >= 4 is 6.21 Å². The van der Waals surface area contributed by atoms with E-state index in [2.05, 4.69) is 11.1 Å². The predicted octanol–water partition coefficient (Wildman–Crippen LogP) is 1.84. The van der Waals surface area contributed by atoms with Crippen molar-refractivity contribution in [2.24, 2.45) is 4.99 Å². The lowest BCUT2D eigenvalue weighted by molar-refractivity contribution is 0.480. The molecule has 0 aliphatic carbocycles. The van der Waals surface area contributed by atoms with Crippen molar-refractivity contribution in [3.63, 3.8) is 0 Å². The smallest absolute Gasteiger partial charge is 0.136 e. The topological polar surface area (TPSA) is 45.4 Å². The molecule has 62 valence electrons. The van der Waals surface area contributed by atoms with Crippen LogP contribution in [-0.2, 0) is 0 Å². The number of rotatable bonds is 0. The lowest BCUT2D eigenvalue weighted by atomic mass is 10.1. The molecule has 0 saturated carbocycles. The summed E-state index contributed by atoms with van der Waals surface area (Å²) in [4.78, 5) is 3.94. The van der Waals surface area contributed by atoms with Gasteiger partial charge in [-0.05, 0) is 12.1 Å². The van der Waals surface area contributed by atoms with E-state index in [9.17, 15) is 0 Å². The Morgan fingerprint density at radius 1 is 1.38 bits per heavy atom. The summed E-state index contributed by atoms with van der Waals surface area (Å²) in [6.45, 7) is 0. The fourth-order valence-electron chi connectivity index (χ4n) is 1.13. The molecular weight excluding hydrogens is 164 g/mol. The second-order valence-corrected chi connectivity index (χ2v) is 2.51. The van der Waals surface area contributed by atoms with Crippen LogP contribution in [0.15, 0.2) is 35.7 Å². The lowest BCUT2D eigenvalue weighted by Gasteiger charge is -2.03. The molecule has 2 rings (SSSR count). The van der Waals surface area contributed by atoms with Crippen LogP contribution in [0, 0.1) is 11.3 Å². The van der Waals surface area contributed by atoms with Crippen LogP contribution in [0.25, 0.3) is 0 Å². The number of nitrogens with zero attached hydrogens (tertiary/aromatic N) is 2. The summed E-state index contributed by atoms with van der Waals surface area (Å²) in [6, 6.07) is 7.41. The fourth-order valence-corrected chi connectivity index (χ4v) is 1.13. The van der Waals surface area contributed by atoms with E-state index in [0.29, 0.717) is 11.3 Å². The molecule has 0 bridgehead atoms. The average molecular weight is 170 g/mol. The minimum Gasteiger partial charge on any atom is -0.463 e. The Hall–Kier alpha value is -2.08. The number of benzene rings is 1. The van der Waals surface area contributed by atoms with Crippen LogP contribution >= 0.6 is 0 Å². The monoisotopic (exact) mass is 170 g/mol. The van der Waals surface area contributed by atoms with E-state index in [1.54, 1.807) is 30.6 Å². The second-order valence-electron chi connectivity index (χ2n) is 2.51. The van der Waals surface area contributed by atoms with Gasteiger partial charge in [0.05, 0.1) is 23.4 Å². The molecule has 0 saturated heterocycles. The number of fused-ring (bicyclic) bond motifs is 1. The Morgan fingerprint density at radius 2 is 2.31 bits per heavy atom. The number of aliphatic imine (C=N–C) groups is 1. The average Bonchev–Trinajstić information content (AvgIpc) is 2.41. The van der Waals surface area contributed by atoms with Crippen LogP contribution < -0.4 is 4.74 Å². The van der Waals surface area contributed by atoms with Crippen molar-refractivity contribution in [3.05, 3.63) is 41.8 Å². The molecule has 3 nitrogen and oxygen atoms in total. The van der Waals surface area contributed by atoms with Crippen LogP contribution in [0.1, 0.15) is 11.1 Å². The number of nitriles is 1. The first-order valence-corrected chi connectivity index (χ1v) is 3.80. The van der Waals surface area contributed by atoms with Crippen LogP contribution in [0.5, 0.6) is 5.75 Å². The number of hydrogen-bond acceptors (Lipinski definition) is 3. The maximum absolute atomic E-state index is 8.80. The van der Waals surface area contributed by atoms with Gasteiger partial charge in [-0.2, -0.15) is 5.26 Å². The molecule has 0 amide bonds. The summed E-state index contributed by atoms with van der Waals surface area (Å²) in [5.74, 6) is 0.663. The van der Waals surface area contributed by atoms with Gasteiger partial charge in [0.25, 0.3) is 0 Å². The quantitative estimate of drug-likeness (QED) is 0.596. The van der Waals surface area contributed by atoms with Crippen LogP contribution in [0.2, 0.25) is 0 Å². The Bertz CT molecular complexity index is 427. The summed E-state index contributed by atoms with van der Waals surface area (Å²) >= 11 is 0. The molecule has 1 aliphatic heterocycles. The predicted molar refractivity (Wildman–Crippen MR) is 48.5 cm³/mol. The van der Waals surface area contributed by atoms with Gasteiger partial charge in [-0.25, -0.2) is 0 Å². The van der Waals surface area contributed by atoms with Crippen molar-refractivity contribution in [2.75, 3.05) is 0 Å². The van der Waals surface area contributed by atoms with Gasteiger partial charge in [-0.3, -0.25) is 4.99 Å². The fraction of sp³-hybridized carbons (Fsp3) is 0. The summed E-state index contributed by atoms with van der Waals surface area (Å²) in [7, 11) is 0. The molecule has 0 N–H and O–H groups in total. The summed E-state index contributed by atoms with van der Waals surface area (Å²) < 4.78 is 5.23. The van der Waals surface area contributed by atoms with Gasteiger partial charge in [0.15, 0.2) is 0 Å². The molecule has 0 atom stereocenters. The van der Waals surface area contributed by atoms with E-state index in [4.69, 9.17) is 10.00 Å². The van der Waals surface area contributed by atoms with Gasteiger partial charge in [-0.15, -0.1) is 0 Å². The zero-order valence-corrected chi connectivity index (χ0v) is 6.77. The van der Waals surface area contributed by atoms with Gasteiger partial charge in [0.2, 0.25) is 0 Å². The maximum atomic E-state index is 8.80. The maximum Gasteiger partial charge on any atom is 0.136 e. The molecule has 1 aliphatic rings. The van der Waals surface area contributed by atoms with Crippen molar-refractivity contribution in [2.45, 2.75) is 0 Å².